The van der Waals surface area contributed by atoms with Gasteiger partial charge in [-0.1, -0.05) is 24.3 Å². The number of piperazine rings is 1. The van der Waals surface area contributed by atoms with Gasteiger partial charge >= 0.3 is 7.82 Å². The number of fused-ring (bicyclic) bond motifs is 1. The van der Waals surface area contributed by atoms with Gasteiger partial charge in [-0.2, -0.15) is 5.10 Å². The van der Waals surface area contributed by atoms with E-state index in [4.69, 9.17) is 14.5 Å². The molecule has 56 heavy (non-hydrogen) atoms. The SMILES string of the molecule is O=C1CCC(N2CCOc3c(C4CCC(N5CCN(c6cnn(-c7cc(-c8ccccc8O)nnc7NCOP(=O)(O)O)c6)C(=O)C5)CC4)cccc32)C(=O)N1. The second kappa shape index (κ2) is 15.6. The molecular weight excluding hydrogens is 745 g/mol. The van der Waals surface area contributed by atoms with Crippen LogP contribution in [-0.2, 0) is 23.5 Å². The Bertz CT molecular complexity index is 2190. The zero-order chi connectivity index (χ0) is 39.0. The quantitative estimate of drug-likeness (QED) is 0.0885. The number of anilines is 3. The molecule has 2 aromatic heterocycles. The number of nitrogens with zero attached hydrogens (tertiary/aromatic N) is 7. The lowest BCUT2D eigenvalue weighted by Crippen LogP contribution is -2.54. The summed E-state index contributed by atoms with van der Waals surface area (Å²) in [7, 11) is -4.76. The second-order valence-corrected chi connectivity index (χ2v) is 15.5. The molecule has 0 spiro atoms. The Labute approximate surface area is 321 Å². The summed E-state index contributed by atoms with van der Waals surface area (Å²) in [6, 6.07) is 14.2. The number of phenols is 1. The molecule has 4 aliphatic rings. The molecule has 3 aliphatic heterocycles. The molecule has 3 amide bonds. The first-order chi connectivity index (χ1) is 27.0. The maximum atomic E-state index is 13.6. The molecule has 1 aliphatic carbocycles. The van der Waals surface area contributed by atoms with E-state index in [-0.39, 0.29) is 47.8 Å². The number of phosphoric ester groups is 1. The third-order valence-corrected chi connectivity index (χ3v) is 11.4. The smallest absolute Gasteiger partial charge is 0.471 e. The number of hydrogen-bond acceptors (Lipinski definition) is 13. The molecule has 2 aromatic carbocycles. The van der Waals surface area contributed by atoms with Gasteiger partial charge in [-0.25, -0.2) is 9.25 Å². The van der Waals surface area contributed by atoms with Crippen molar-refractivity contribution < 1.29 is 43.1 Å². The molecule has 0 bridgehead atoms. The lowest BCUT2D eigenvalue weighted by Gasteiger charge is -2.42. The molecule has 2 saturated heterocycles. The zero-order valence-electron chi connectivity index (χ0n) is 30.4. The Kier molecular flexibility index (Phi) is 10.5. The highest BCUT2D eigenvalue weighted by Crippen LogP contribution is 2.45. The topological polar surface area (TPSA) is 225 Å². The van der Waals surface area contributed by atoms with Crippen LogP contribution in [0.3, 0.4) is 0 Å². The molecule has 3 fully saturated rings. The molecular formula is C37H42N9O9P. The number of benzene rings is 2. The molecule has 294 valence electrons. The van der Waals surface area contributed by atoms with Crippen LogP contribution in [0.15, 0.2) is 60.9 Å². The largest absolute Gasteiger partial charge is 0.507 e. The van der Waals surface area contributed by atoms with E-state index < -0.39 is 20.6 Å². The Morgan fingerprint density at radius 3 is 2.55 bits per heavy atom. The summed E-state index contributed by atoms with van der Waals surface area (Å²) in [6.07, 6.45) is 7.75. The van der Waals surface area contributed by atoms with Gasteiger partial charge in [-0.15, -0.1) is 10.2 Å². The number of hydrogen-bond donors (Lipinski definition) is 5. The van der Waals surface area contributed by atoms with Gasteiger partial charge in [-0.05, 0) is 67.9 Å². The minimum Gasteiger partial charge on any atom is -0.507 e. The summed E-state index contributed by atoms with van der Waals surface area (Å²) in [5.41, 5.74) is 3.69. The van der Waals surface area contributed by atoms with E-state index in [1.807, 2.05) is 12.1 Å². The molecule has 1 saturated carbocycles. The zero-order valence-corrected chi connectivity index (χ0v) is 31.3. The summed E-state index contributed by atoms with van der Waals surface area (Å²) in [5.74, 6) is 0.644. The molecule has 5 heterocycles. The normalized spacial score (nSPS) is 22.0. The standard InChI is InChI=1S/C37H42N9O9P/c47-32-7-2-1-4-27(32)28-18-31(36(42-41-28)38-22-55-56(51,52)53)46-20-25(19-39-46)44-15-14-43(21-34(44)49)24-10-8-23(9-11-24)26-5-3-6-29-35(26)54-17-16-45(29)30-12-13-33(48)40-37(30)50/h1-7,18-20,23-24,30,47H,8-17,21-22H2,(H,38,42)(H,40,48,50)(H2,51,52,53). The maximum absolute atomic E-state index is 13.6. The molecule has 1 atom stereocenters. The fourth-order valence-corrected chi connectivity index (χ4v) is 8.45. The maximum Gasteiger partial charge on any atom is 0.471 e. The second-order valence-electron chi connectivity index (χ2n) is 14.3. The molecule has 4 aromatic rings. The Balaban J connectivity index is 0.922. The van der Waals surface area contributed by atoms with Gasteiger partial charge in [0.1, 0.15) is 36.6 Å². The summed E-state index contributed by atoms with van der Waals surface area (Å²) in [5, 5.41) is 28.5. The van der Waals surface area contributed by atoms with Crippen LogP contribution in [0.1, 0.15) is 50.0 Å². The number of carbonyl (C=O) groups excluding carboxylic acids is 3. The first-order valence-electron chi connectivity index (χ1n) is 18.6. The number of amides is 3. The number of phenolic OH excluding ortho intramolecular Hbond substituents is 1. The number of nitrogens with one attached hydrogen (secondary N) is 2. The van der Waals surface area contributed by atoms with Crippen molar-refractivity contribution >= 4 is 42.7 Å². The number of phosphoric acid groups is 1. The Morgan fingerprint density at radius 2 is 1.79 bits per heavy atom. The average molecular weight is 788 g/mol. The fourth-order valence-electron chi connectivity index (χ4n) is 8.22. The lowest BCUT2D eigenvalue weighted by molar-refractivity contribution is -0.134. The van der Waals surface area contributed by atoms with Crippen LogP contribution in [0.25, 0.3) is 16.9 Å². The summed E-state index contributed by atoms with van der Waals surface area (Å²) < 4.78 is 23.5. The van der Waals surface area contributed by atoms with Crippen molar-refractivity contribution in [2.45, 2.75) is 56.5 Å². The number of para-hydroxylation sites is 2. The van der Waals surface area contributed by atoms with E-state index in [9.17, 15) is 24.1 Å². The van der Waals surface area contributed by atoms with Gasteiger partial charge in [0.2, 0.25) is 17.7 Å². The number of piperidine rings is 1. The lowest BCUT2D eigenvalue weighted by atomic mass is 9.80. The molecule has 0 radical (unpaired) electrons. The Hall–Kier alpha value is -5.39. The number of ether oxygens (including phenoxy) is 1. The first kappa shape index (κ1) is 37.5. The van der Waals surface area contributed by atoms with E-state index in [1.54, 1.807) is 41.6 Å². The van der Waals surface area contributed by atoms with E-state index in [2.05, 4.69) is 46.3 Å². The van der Waals surface area contributed by atoms with Crippen LogP contribution in [0, 0.1) is 0 Å². The molecule has 1 unspecified atom stereocenters. The van der Waals surface area contributed by atoms with Gasteiger partial charge in [0.15, 0.2) is 5.82 Å². The predicted octanol–water partition coefficient (Wildman–Crippen LogP) is 2.89. The number of carbonyl (C=O) groups is 3. The highest BCUT2D eigenvalue weighted by atomic mass is 31.2. The molecule has 19 heteroatoms. The summed E-state index contributed by atoms with van der Waals surface area (Å²) in [4.78, 5) is 62.4. The highest BCUT2D eigenvalue weighted by Gasteiger charge is 2.38. The van der Waals surface area contributed by atoms with Crippen molar-refractivity contribution in [2.24, 2.45) is 0 Å². The van der Waals surface area contributed by atoms with Crippen LogP contribution in [0.4, 0.5) is 17.2 Å². The van der Waals surface area contributed by atoms with Crippen molar-refractivity contribution in [3.05, 3.63) is 66.5 Å². The molecule has 5 N–H and O–H groups in total. The van der Waals surface area contributed by atoms with Gasteiger partial charge < -0.3 is 34.7 Å². The highest BCUT2D eigenvalue weighted by molar-refractivity contribution is 7.46. The van der Waals surface area contributed by atoms with Crippen LogP contribution < -0.4 is 25.2 Å². The molecule has 8 rings (SSSR count). The minimum absolute atomic E-state index is 0.0113. The number of rotatable bonds is 10. The van der Waals surface area contributed by atoms with E-state index >= 15 is 0 Å². The fraction of sp³-hybridized carbons (Fsp3) is 0.405. The average Bonchev–Trinajstić information content (AvgIpc) is 3.67. The van der Waals surface area contributed by atoms with Crippen LogP contribution in [-0.4, -0.2) is 109 Å². The van der Waals surface area contributed by atoms with Crippen molar-refractivity contribution in [2.75, 3.05) is 54.6 Å². The van der Waals surface area contributed by atoms with E-state index in [0.29, 0.717) is 61.7 Å². The van der Waals surface area contributed by atoms with Gasteiger partial charge in [0.25, 0.3) is 0 Å². The van der Waals surface area contributed by atoms with E-state index in [0.717, 1.165) is 42.7 Å². The van der Waals surface area contributed by atoms with Crippen molar-refractivity contribution in [1.82, 2.24) is 30.2 Å². The third kappa shape index (κ3) is 7.83. The van der Waals surface area contributed by atoms with Crippen LogP contribution >= 0.6 is 7.82 Å². The summed E-state index contributed by atoms with van der Waals surface area (Å²) >= 11 is 0. The van der Waals surface area contributed by atoms with E-state index in [1.165, 1.54) is 10.7 Å². The van der Waals surface area contributed by atoms with Crippen LogP contribution in [0.2, 0.25) is 0 Å². The number of aromatic nitrogens is 4. The Morgan fingerprint density at radius 1 is 0.964 bits per heavy atom. The van der Waals surface area contributed by atoms with Gasteiger partial charge in [0, 0.05) is 31.1 Å². The van der Waals surface area contributed by atoms with Crippen molar-refractivity contribution in [3.8, 4) is 28.4 Å². The monoisotopic (exact) mass is 787 g/mol. The number of imide groups is 1. The predicted molar refractivity (Wildman–Crippen MR) is 202 cm³/mol. The first-order valence-corrected chi connectivity index (χ1v) is 20.1. The van der Waals surface area contributed by atoms with Crippen molar-refractivity contribution in [3.63, 3.8) is 0 Å². The molecule has 18 nitrogen and oxygen atoms in total. The minimum atomic E-state index is -4.76. The summed E-state index contributed by atoms with van der Waals surface area (Å²) in [6.45, 7) is 1.87. The third-order valence-electron chi connectivity index (χ3n) is 11.0. The van der Waals surface area contributed by atoms with Gasteiger partial charge in [-0.3, -0.25) is 29.1 Å². The van der Waals surface area contributed by atoms with Gasteiger partial charge in [0.05, 0.1) is 42.6 Å². The van der Waals surface area contributed by atoms with Crippen molar-refractivity contribution in [1.29, 1.82) is 0 Å². The van der Waals surface area contributed by atoms with Crippen LogP contribution in [0.5, 0.6) is 11.5 Å². The number of aromatic hydroxyl groups is 1.